The van der Waals surface area contributed by atoms with Crippen molar-refractivity contribution in [2.45, 2.75) is 25.9 Å². The second kappa shape index (κ2) is 7.27. The Morgan fingerprint density at radius 2 is 2.21 bits per heavy atom. The summed E-state index contributed by atoms with van der Waals surface area (Å²) in [5.41, 5.74) is 0.622. The van der Waals surface area contributed by atoms with Crippen molar-refractivity contribution in [1.29, 1.82) is 0 Å². The molecule has 0 aliphatic rings. The van der Waals surface area contributed by atoms with Crippen molar-refractivity contribution in [2.24, 2.45) is 0 Å². The van der Waals surface area contributed by atoms with E-state index in [-0.39, 0.29) is 19.6 Å². The number of hydrogen-bond acceptors (Lipinski definition) is 5. The lowest BCUT2D eigenvalue weighted by Gasteiger charge is -2.13. The molecule has 0 saturated heterocycles. The Bertz CT molecular complexity index is 452. The van der Waals surface area contributed by atoms with Crippen molar-refractivity contribution in [3.8, 4) is 0 Å². The van der Waals surface area contributed by atoms with E-state index in [2.05, 4.69) is 20.6 Å². The average molecular weight is 268 g/mol. The molecule has 8 heteroatoms. The fourth-order valence-corrected chi connectivity index (χ4v) is 1.37. The van der Waals surface area contributed by atoms with Gasteiger partial charge in [0.2, 0.25) is 0 Å². The third-order valence-electron chi connectivity index (χ3n) is 2.28. The summed E-state index contributed by atoms with van der Waals surface area (Å²) in [7, 11) is 0. The van der Waals surface area contributed by atoms with Gasteiger partial charge >= 0.3 is 12.0 Å². The molecule has 19 heavy (non-hydrogen) atoms. The number of aliphatic hydroxyl groups is 1. The van der Waals surface area contributed by atoms with Gasteiger partial charge in [-0.15, -0.1) is 0 Å². The van der Waals surface area contributed by atoms with Crippen LogP contribution >= 0.6 is 0 Å². The van der Waals surface area contributed by atoms with Crippen LogP contribution in [-0.2, 0) is 11.3 Å². The molecular formula is C11H16N4O4. The Kier molecular flexibility index (Phi) is 5.68. The van der Waals surface area contributed by atoms with Gasteiger partial charge < -0.3 is 20.8 Å². The van der Waals surface area contributed by atoms with Crippen molar-refractivity contribution >= 4 is 12.0 Å². The topological polar surface area (TPSA) is 124 Å². The first-order chi connectivity index (χ1) is 9.02. The number of carbonyl (C=O) groups excluding carboxylic acids is 1. The van der Waals surface area contributed by atoms with Crippen molar-refractivity contribution in [1.82, 2.24) is 20.6 Å². The van der Waals surface area contributed by atoms with Crippen molar-refractivity contribution < 1.29 is 19.8 Å². The van der Waals surface area contributed by atoms with Crippen molar-refractivity contribution in [2.75, 3.05) is 6.61 Å². The van der Waals surface area contributed by atoms with Gasteiger partial charge in [-0.3, -0.25) is 0 Å². The number of aliphatic carboxylic acids is 1. The molecule has 4 N–H and O–H groups in total. The molecule has 0 aromatic carbocycles. The van der Waals surface area contributed by atoms with E-state index >= 15 is 0 Å². The lowest BCUT2D eigenvalue weighted by Crippen LogP contribution is -2.46. The van der Waals surface area contributed by atoms with Crippen LogP contribution in [0.25, 0.3) is 0 Å². The summed E-state index contributed by atoms with van der Waals surface area (Å²) in [5, 5.41) is 22.2. The van der Waals surface area contributed by atoms with Gasteiger partial charge in [0.1, 0.15) is 11.9 Å². The zero-order valence-electron chi connectivity index (χ0n) is 10.5. The molecule has 0 fully saturated rings. The first kappa shape index (κ1) is 14.8. The highest BCUT2D eigenvalue weighted by molar-refractivity contribution is 5.82. The number of nitrogens with zero attached hydrogens (tertiary/aromatic N) is 2. The lowest BCUT2D eigenvalue weighted by atomic mass is 10.2. The minimum absolute atomic E-state index is 0.0463. The van der Waals surface area contributed by atoms with E-state index in [1.54, 1.807) is 19.2 Å². The largest absolute Gasteiger partial charge is 0.480 e. The standard InChI is InChI=1S/C11H16N4O4/c1-7-12-4-2-8(14-7)6-13-11(19)15-9(3-5-16)10(17)18/h2,4,9,16H,3,5-6H2,1H3,(H,17,18)(H2,13,15,19)/t9-/m1/s1. The van der Waals surface area contributed by atoms with Gasteiger partial charge in [-0.25, -0.2) is 19.6 Å². The molecule has 1 rings (SSSR count). The Hall–Kier alpha value is -2.22. The number of hydrogen-bond donors (Lipinski definition) is 4. The number of aryl methyl sites for hydroxylation is 1. The molecule has 0 unspecified atom stereocenters. The first-order valence-corrected chi connectivity index (χ1v) is 5.69. The predicted molar refractivity (Wildman–Crippen MR) is 65.3 cm³/mol. The van der Waals surface area contributed by atoms with E-state index in [0.29, 0.717) is 11.5 Å². The molecule has 2 amide bonds. The number of nitrogens with one attached hydrogen (secondary N) is 2. The maximum Gasteiger partial charge on any atom is 0.326 e. The van der Waals surface area contributed by atoms with Crippen molar-refractivity contribution in [3.05, 3.63) is 23.8 Å². The maximum atomic E-state index is 11.5. The molecule has 0 spiro atoms. The van der Waals surface area contributed by atoms with Gasteiger partial charge in [0.25, 0.3) is 0 Å². The Morgan fingerprint density at radius 3 is 2.79 bits per heavy atom. The number of carbonyl (C=O) groups is 2. The van der Waals surface area contributed by atoms with E-state index in [9.17, 15) is 9.59 Å². The van der Waals surface area contributed by atoms with E-state index in [4.69, 9.17) is 10.2 Å². The summed E-state index contributed by atoms with van der Waals surface area (Å²) in [6, 6.07) is -0.0929. The lowest BCUT2D eigenvalue weighted by molar-refractivity contribution is -0.139. The highest BCUT2D eigenvalue weighted by Gasteiger charge is 2.18. The Labute approximate surface area is 109 Å². The van der Waals surface area contributed by atoms with Gasteiger partial charge in [0.15, 0.2) is 0 Å². The summed E-state index contributed by atoms with van der Waals surface area (Å²) in [6.45, 7) is 1.58. The summed E-state index contributed by atoms with van der Waals surface area (Å²) in [5.74, 6) is -0.606. The average Bonchev–Trinajstić information content (AvgIpc) is 2.36. The Morgan fingerprint density at radius 1 is 1.47 bits per heavy atom. The summed E-state index contributed by atoms with van der Waals surface area (Å²) < 4.78 is 0. The molecule has 1 atom stereocenters. The molecular weight excluding hydrogens is 252 g/mol. The van der Waals surface area contributed by atoms with Crippen LogP contribution in [0.5, 0.6) is 0 Å². The van der Waals surface area contributed by atoms with Crippen LogP contribution < -0.4 is 10.6 Å². The van der Waals surface area contributed by atoms with Gasteiger partial charge in [0, 0.05) is 19.2 Å². The van der Waals surface area contributed by atoms with Crippen LogP contribution in [0.15, 0.2) is 12.3 Å². The molecule has 0 aliphatic heterocycles. The number of rotatable bonds is 6. The molecule has 104 valence electrons. The molecule has 0 aliphatic carbocycles. The highest BCUT2D eigenvalue weighted by atomic mass is 16.4. The predicted octanol–water partition coefficient (Wildman–Crippen LogP) is -0.580. The minimum atomic E-state index is -1.19. The second-order valence-corrected chi connectivity index (χ2v) is 3.83. The highest BCUT2D eigenvalue weighted by Crippen LogP contribution is 1.95. The normalized spacial score (nSPS) is 11.7. The number of aromatic nitrogens is 2. The third kappa shape index (κ3) is 5.30. The molecule has 0 saturated carbocycles. The van der Waals surface area contributed by atoms with Crippen LogP contribution in [0.4, 0.5) is 4.79 Å². The van der Waals surface area contributed by atoms with Gasteiger partial charge in [-0.1, -0.05) is 0 Å². The SMILES string of the molecule is Cc1nccc(CNC(=O)N[C@H](CCO)C(=O)O)n1. The van der Waals surface area contributed by atoms with Gasteiger partial charge in [-0.2, -0.15) is 0 Å². The first-order valence-electron chi connectivity index (χ1n) is 5.69. The van der Waals surface area contributed by atoms with Crippen molar-refractivity contribution in [3.63, 3.8) is 0 Å². The zero-order chi connectivity index (χ0) is 14.3. The monoisotopic (exact) mass is 268 g/mol. The summed E-state index contributed by atoms with van der Waals surface area (Å²) in [4.78, 5) is 30.3. The zero-order valence-corrected chi connectivity index (χ0v) is 10.5. The molecule has 8 nitrogen and oxygen atoms in total. The van der Waals surface area contributed by atoms with Crippen LogP contribution in [0, 0.1) is 6.92 Å². The van der Waals surface area contributed by atoms with Gasteiger partial charge in [-0.05, 0) is 13.0 Å². The number of carboxylic acid groups (broad SMARTS) is 1. The Balaban J connectivity index is 2.44. The number of amides is 2. The minimum Gasteiger partial charge on any atom is -0.480 e. The third-order valence-corrected chi connectivity index (χ3v) is 2.28. The van der Waals surface area contributed by atoms with E-state index in [0.717, 1.165) is 0 Å². The summed E-state index contributed by atoms with van der Waals surface area (Å²) >= 11 is 0. The van der Waals surface area contributed by atoms with E-state index in [1.807, 2.05) is 0 Å². The molecule has 1 aromatic rings. The van der Waals surface area contributed by atoms with E-state index < -0.39 is 18.0 Å². The molecule has 1 heterocycles. The van der Waals surface area contributed by atoms with Crippen LogP contribution in [-0.4, -0.2) is 44.8 Å². The van der Waals surface area contributed by atoms with E-state index in [1.165, 1.54) is 0 Å². The fourth-order valence-electron chi connectivity index (χ4n) is 1.37. The molecule has 0 radical (unpaired) electrons. The maximum absolute atomic E-state index is 11.5. The molecule has 0 bridgehead atoms. The van der Waals surface area contributed by atoms with Gasteiger partial charge in [0.05, 0.1) is 12.2 Å². The fraction of sp³-hybridized carbons (Fsp3) is 0.455. The number of aliphatic hydroxyl groups excluding tert-OH is 1. The smallest absolute Gasteiger partial charge is 0.326 e. The summed E-state index contributed by atoms with van der Waals surface area (Å²) in [6.07, 6.45) is 1.53. The number of carboxylic acids is 1. The number of urea groups is 1. The van der Waals surface area contributed by atoms with Crippen LogP contribution in [0.3, 0.4) is 0 Å². The molecule has 1 aromatic heterocycles. The quantitative estimate of drug-likeness (QED) is 0.547. The van der Waals surface area contributed by atoms with Crippen LogP contribution in [0.2, 0.25) is 0 Å². The van der Waals surface area contributed by atoms with Crippen LogP contribution in [0.1, 0.15) is 17.9 Å². The second-order valence-electron chi connectivity index (χ2n) is 3.83.